The quantitative estimate of drug-likeness (QED) is 0.575. The van der Waals surface area contributed by atoms with Gasteiger partial charge < -0.3 is 10.4 Å². The zero-order valence-corrected chi connectivity index (χ0v) is 7.06. The molecule has 0 saturated carbocycles. The maximum atomic E-state index is 9.96. The molecule has 0 aliphatic heterocycles. The fourth-order valence-electron chi connectivity index (χ4n) is 0.341. The number of carboxylic acid groups (broad SMARTS) is 1. The second kappa shape index (κ2) is 2.86. The highest BCUT2D eigenvalue weighted by Crippen LogP contribution is 1.96. The third-order valence-corrected chi connectivity index (χ3v) is 2.01. The van der Waals surface area contributed by atoms with E-state index in [0.717, 1.165) is 0 Å². The third-order valence-electron chi connectivity index (χ3n) is 0.770. The van der Waals surface area contributed by atoms with E-state index in [9.17, 15) is 4.79 Å². The Morgan fingerprint density at radius 1 is 1.56 bits per heavy atom. The first-order valence-corrected chi connectivity index (χ1v) is 6.59. The second-order valence-corrected chi connectivity index (χ2v) is 8.69. The van der Waals surface area contributed by atoms with Gasteiger partial charge in [0, 0.05) is 6.17 Å². The number of nitrogens with one attached hydrogen (secondary N) is 1. The monoisotopic (exact) mass is 147 g/mol. The van der Waals surface area contributed by atoms with Crippen LogP contribution < -0.4 is 5.32 Å². The fraction of sp³-hybridized carbons (Fsp3) is 0.800. The van der Waals surface area contributed by atoms with Crippen molar-refractivity contribution in [2.24, 2.45) is 0 Å². The topological polar surface area (TPSA) is 49.3 Å². The van der Waals surface area contributed by atoms with E-state index in [1.807, 2.05) is 0 Å². The van der Waals surface area contributed by atoms with Gasteiger partial charge in [0.25, 0.3) is 0 Å². The summed E-state index contributed by atoms with van der Waals surface area (Å²) in [6, 6.07) is 0. The lowest BCUT2D eigenvalue weighted by Gasteiger charge is -2.14. The van der Waals surface area contributed by atoms with E-state index in [-0.39, 0.29) is 0 Å². The second-order valence-electron chi connectivity index (χ2n) is 3.22. The molecule has 0 bridgehead atoms. The van der Waals surface area contributed by atoms with Crippen LogP contribution in [0.4, 0.5) is 4.79 Å². The van der Waals surface area contributed by atoms with Crippen LogP contribution in [-0.2, 0) is 0 Å². The standard InChI is InChI=1S/C5H13NO2Si/c1-9(2,3)4-6-5(7)8/h6H,4H2,1-3H3,(H,7,8). The maximum Gasteiger partial charge on any atom is 0.404 e. The molecule has 0 aromatic heterocycles. The average molecular weight is 147 g/mol. The predicted octanol–water partition coefficient (Wildman–Crippen LogP) is 1.13. The Hall–Kier alpha value is -0.513. The van der Waals surface area contributed by atoms with Crippen molar-refractivity contribution in [3.05, 3.63) is 0 Å². The molecule has 0 aliphatic rings. The van der Waals surface area contributed by atoms with Gasteiger partial charge in [-0.05, 0) is 0 Å². The van der Waals surface area contributed by atoms with Gasteiger partial charge in [-0.1, -0.05) is 19.6 Å². The molecule has 1 amide bonds. The van der Waals surface area contributed by atoms with Crippen LogP contribution in [0.2, 0.25) is 19.6 Å². The molecule has 0 saturated heterocycles. The van der Waals surface area contributed by atoms with Crippen molar-refractivity contribution in [2.75, 3.05) is 6.17 Å². The third kappa shape index (κ3) is 7.49. The van der Waals surface area contributed by atoms with E-state index in [4.69, 9.17) is 5.11 Å². The first-order chi connectivity index (χ1) is 3.92. The fourth-order valence-corrected chi connectivity index (χ4v) is 1.02. The van der Waals surface area contributed by atoms with Gasteiger partial charge >= 0.3 is 6.09 Å². The van der Waals surface area contributed by atoms with Crippen molar-refractivity contribution < 1.29 is 9.90 Å². The summed E-state index contributed by atoms with van der Waals surface area (Å²) in [4.78, 5) is 9.96. The highest BCUT2D eigenvalue weighted by Gasteiger charge is 2.12. The smallest absolute Gasteiger partial charge is 0.404 e. The maximum absolute atomic E-state index is 9.96. The van der Waals surface area contributed by atoms with Gasteiger partial charge in [0.1, 0.15) is 0 Å². The summed E-state index contributed by atoms with van der Waals surface area (Å²) in [6.07, 6.45) is -0.278. The largest absolute Gasteiger partial charge is 0.465 e. The van der Waals surface area contributed by atoms with Crippen molar-refractivity contribution in [3.63, 3.8) is 0 Å². The van der Waals surface area contributed by atoms with Crippen molar-refractivity contribution in [3.8, 4) is 0 Å². The molecule has 0 aromatic rings. The molecule has 4 heteroatoms. The molecule has 0 aromatic carbocycles. The van der Waals surface area contributed by atoms with E-state index in [1.54, 1.807) is 0 Å². The molecule has 0 aliphatic carbocycles. The highest BCUT2D eigenvalue weighted by molar-refractivity contribution is 6.76. The van der Waals surface area contributed by atoms with Gasteiger partial charge in [-0.3, -0.25) is 0 Å². The Balaban J connectivity index is 3.39. The van der Waals surface area contributed by atoms with E-state index in [1.165, 1.54) is 0 Å². The first kappa shape index (κ1) is 8.49. The summed E-state index contributed by atoms with van der Waals surface area (Å²) in [6.45, 7) is 6.34. The molecule has 9 heavy (non-hydrogen) atoms. The SMILES string of the molecule is C[Si](C)(C)CNC(=O)O. The van der Waals surface area contributed by atoms with E-state index >= 15 is 0 Å². The van der Waals surface area contributed by atoms with Crippen LogP contribution in [0.15, 0.2) is 0 Å². The summed E-state index contributed by atoms with van der Waals surface area (Å²) < 4.78 is 0. The zero-order chi connectivity index (χ0) is 7.49. The van der Waals surface area contributed by atoms with Gasteiger partial charge in [0.2, 0.25) is 0 Å². The molecule has 0 rings (SSSR count). The zero-order valence-electron chi connectivity index (χ0n) is 6.06. The predicted molar refractivity (Wildman–Crippen MR) is 39.4 cm³/mol. The molecular weight excluding hydrogens is 134 g/mol. The Morgan fingerprint density at radius 2 is 2.00 bits per heavy atom. The summed E-state index contributed by atoms with van der Waals surface area (Å²) in [5.74, 6) is 0. The molecule has 2 N–H and O–H groups in total. The normalized spacial score (nSPS) is 11.0. The molecule has 0 spiro atoms. The van der Waals surface area contributed by atoms with Crippen molar-refractivity contribution >= 4 is 14.2 Å². The molecule has 3 nitrogen and oxygen atoms in total. The lowest BCUT2D eigenvalue weighted by atomic mass is 11.1. The van der Waals surface area contributed by atoms with Crippen LogP contribution >= 0.6 is 0 Å². The van der Waals surface area contributed by atoms with Crippen molar-refractivity contribution in [2.45, 2.75) is 19.6 Å². The number of hydrogen-bond acceptors (Lipinski definition) is 1. The average Bonchev–Trinajstić information content (AvgIpc) is 1.59. The summed E-state index contributed by atoms with van der Waals surface area (Å²) >= 11 is 0. The van der Waals surface area contributed by atoms with Crippen LogP contribution in [0.3, 0.4) is 0 Å². The van der Waals surface area contributed by atoms with Crippen LogP contribution in [0.5, 0.6) is 0 Å². The molecule has 0 heterocycles. The summed E-state index contributed by atoms with van der Waals surface area (Å²) in [5, 5.41) is 10.6. The van der Waals surface area contributed by atoms with Gasteiger partial charge in [-0.2, -0.15) is 0 Å². The molecule has 0 fully saturated rings. The minimum atomic E-state index is -1.21. The Labute approximate surface area is 56.1 Å². The Morgan fingerprint density at radius 3 is 2.11 bits per heavy atom. The minimum Gasteiger partial charge on any atom is -0.465 e. The lowest BCUT2D eigenvalue weighted by Crippen LogP contribution is -2.39. The van der Waals surface area contributed by atoms with Crippen LogP contribution in [0, 0.1) is 0 Å². The number of amides is 1. The van der Waals surface area contributed by atoms with Crippen LogP contribution in [-0.4, -0.2) is 25.4 Å². The summed E-state index contributed by atoms with van der Waals surface area (Å²) in [7, 11) is -1.21. The van der Waals surface area contributed by atoms with E-state index < -0.39 is 14.2 Å². The van der Waals surface area contributed by atoms with Gasteiger partial charge in [0.05, 0.1) is 8.07 Å². The lowest BCUT2D eigenvalue weighted by molar-refractivity contribution is 0.196. The number of rotatable bonds is 2. The Kier molecular flexibility index (Phi) is 2.70. The number of carbonyl (C=O) groups is 1. The summed E-state index contributed by atoms with van der Waals surface area (Å²) in [5.41, 5.74) is 0. The molecule has 0 atom stereocenters. The van der Waals surface area contributed by atoms with E-state index in [2.05, 4.69) is 25.0 Å². The van der Waals surface area contributed by atoms with Crippen LogP contribution in [0.1, 0.15) is 0 Å². The number of hydrogen-bond donors (Lipinski definition) is 2. The van der Waals surface area contributed by atoms with Crippen molar-refractivity contribution in [1.82, 2.24) is 5.32 Å². The molecule has 0 unspecified atom stereocenters. The highest BCUT2D eigenvalue weighted by atomic mass is 28.3. The van der Waals surface area contributed by atoms with E-state index in [0.29, 0.717) is 6.17 Å². The first-order valence-electron chi connectivity index (χ1n) is 2.88. The van der Waals surface area contributed by atoms with Crippen LogP contribution in [0.25, 0.3) is 0 Å². The molecule has 0 radical (unpaired) electrons. The van der Waals surface area contributed by atoms with Gasteiger partial charge in [0.15, 0.2) is 0 Å². The molecular formula is C5H13NO2Si. The van der Waals surface area contributed by atoms with Gasteiger partial charge in [-0.15, -0.1) is 0 Å². The minimum absolute atomic E-state index is 0.641. The van der Waals surface area contributed by atoms with Gasteiger partial charge in [-0.25, -0.2) is 4.79 Å². The Bertz CT molecular complexity index is 108. The van der Waals surface area contributed by atoms with Crippen molar-refractivity contribution in [1.29, 1.82) is 0 Å². The molecule has 54 valence electrons.